The molecular formula is C28H24N2O2. The summed E-state index contributed by atoms with van der Waals surface area (Å²) in [5.41, 5.74) is 7.65. The van der Waals surface area contributed by atoms with Gasteiger partial charge in [0.15, 0.2) is 0 Å². The van der Waals surface area contributed by atoms with Crippen LogP contribution in [-0.4, -0.2) is 29.8 Å². The fourth-order valence-electron chi connectivity index (χ4n) is 5.91. The number of rotatable bonds is 4. The van der Waals surface area contributed by atoms with Crippen molar-refractivity contribution >= 4 is 17.5 Å². The van der Waals surface area contributed by atoms with E-state index in [-0.39, 0.29) is 18.4 Å². The van der Waals surface area contributed by atoms with Crippen LogP contribution >= 0.6 is 0 Å². The lowest BCUT2D eigenvalue weighted by atomic mass is 9.59. The van der Waals surface area contributed by atoms with Gasteiger partial charge in [0.25, 0.3) is 5.91 Å². The molecule has 7 rings (SSSR count). The summed E-state index contributed by atoms with van der Waals surface area (Å²) in [6.07, 6.45) is 1.03. The minimum atomic E-state index is -0.152. The summed E-state index contributed by atoms with van der Waals surface area (Å²) in [5.74, 6) is 0.711. The van der Waals surface area contributed by atoms with Crippen molar-refractivity contribution in [2.45, 2.75) is 18.3 Å². The standard InChI is InChI=1S/C28H24N2O2/c1-17-19-8-2-7-13-24(19)28(32)30(17)16-26(31)29-15-18-14-25-20-9-3-5-11-22(20)27(18)23-12-6-4-10-21(23)25/h2-13,18,25,27H,1,14-16H2,(H,29,31). The van der Waals surface area contributed by atoms with E-state index in [4.69, 9.17) is 0 Å². The molecule has 4 aliphatic rings. The number of carbonyl (C=O) groups is 2. The minimum Gasteiger partial charge on any atom is -0.354 e. The number of nitrogens with one attached hydrogen (secondary N) is 1. The fraction of sp³-hybridized carbons (Fsp3) is 0.214. The molecule has 32 heavy (non-hydrogen) atoms. The first-order valence-corrected chi connectivity index (χ1v) is 11.2. The molecule has 3 aliphatic carbocycles. The number of amides is 2. The number of fused-ring (bicyclic) bond motifs is 2. The first-order chi connectivity index (χ1) is 15.6. The Bertz CT molecular complexity index is 1200. The van der Waals surface area contributed by atoms with Gasteiger partial charge in [0.1, 0.15) is 6.54 Å². The molecule has 4 nitrogen and oxygen atoms in total. The highest BCUT2D eigenvalue weighted by Gasteiger charge is 2.43. The fourth-order valence-corrected chi connectivity index (χ4v) is 5.91. The Morgan fingerprint density at radius 2 is 1.44 bits per heavy atom. The van der Waals surface area contributed by atoms with Crippen LogP contribution in [0.25, 0.3) is 5.70 Å². The maximum atomic E-state index is 12.8. The Morgan fingerprint density at radius 1 is 0.875 bits per heavy atom. The van der Waals surface area contributed by atoms with Crippen molar-refractivity contribution in [2.24, 2.45) is 5.92 Å². The third kappa shape index (κ3) is 2.76. The summed E-state index contributed by atoms with van der Waals surface area (Å²) in [6.45, 7) is 4.64. The molecule has 0 spiro atoms. The third-order valence-electron chi connectivity index (χ3n) is 7.33. The quantitative estimate of drug-likeness (QED) is 0.674. The van der Waals surface area contributed by atoms with Gasteiger partial charge >= 0.3 is 0 Å². The predicted octanol–water partition coefficient (Wildman–Crippen LogP) is 4.53. The van der Waals surface area contributed by atoms with Crippen molar-refractivity contribution in [3.8, 4) is 0 Å². The highest BCUT2D eigenvalue weighted by atomic mass is 16.2. The second kappa shape index (κ2) is 7.20. The zero-order chi connectivity index (χ0) is 21.8. The summed E-state index contributed by atoms with van der Waals surface area (Å²) < 4.78 is 0. The SMILES string of the molecule is C=C1c2ccccc2C(=O)N1CC(=O)NCC1CC2c3ccccc3C1c1ccccc12. The topological polar surface area (TPSA) is 49.4 Å². The van der Waals surface area contributed by atoms with E-state index in [1.807, 2.05) is 18.2 Å². The van der Waals surface area contributed by atoms with Gasteiger partial charge in [0.05, 0.1) is 0 Å². The van der Waals surface area contributed by atoms with Gasteiger partial charge in [-0.3, -0.25) is 14.5 Å². The molecule has 1 heterocycles. The highest BCUT2D eigenvalue weighted by Crippen LogP contribution is 2.55. The molecule has 0 saturated heterocycles. The van der Waals surface area contributed by atoms with E-state index in [1.54, 1.807) is 6.07 Å². The highest BCUT2D eigenvalue weighted by molar-refractivity contribution is 6.10. The molecule has 0 aromatic heterocycles. The van der Waals surface area contributed by atoms with Gasteiger partial charge in [-0.1, -0.05) is 73.3 Å². The molecule has 0 saturated carbocycles. The normalized spacial score (nSPS) is 22.4. The average Bonchev–Trinajstić information content (AvgIpc) is 3.08. The van der Waals surface area contributed by atoms with Crippen LogP contribution in [0.3, 0.4) is 0 Å². The number of carbonyl (C=O) groups excluding carboxylic acids is 2. The molecule has 1 atom stereocenters. The van der Waals surface area contributed by atoms with Crippen LogP contribution in [0, 0.1) is 5.92 Å². The third-order valence-corrected chi connectivity index (χ3v) is 7.33. The van der Waals surface area contributed by atoms with Gasteiger partial charge in [0.2, 0.25) is 5.91 Å². The van der Waals surface area contributed by atoms with E-state index < -0.39 is 0 Å². The van der Waals surface area contributed by atoms with Crippen LogP contribution in [0.4, 0.5) is 0 Å². The molecule has 2 bridgehead atoms. The van der Waals surface area contributed by atoms with E-state index in [9.17, 15) is 9.59 Å². The molecule has 4 heteroatoms. The van der Waals surface area contributed by atoms with Crippen LogP contribution in [0.5, 0.6) is 0 Å². The van der Waals surface area contributed by atoms with Crippen LogP contribution in [-0.2, 0) is 4.79 Å². The van der Waals surface area contributed by atoms with E-state index in [0.717, 1.165) is 12.0 Å². The smallest absolute Gasteiger partial charge is 0.259 e. The molecule has 3 aromatic rings. The Labute approximate surface area is 187 Å². The van der Waals surface area contributed by atoms with Crippen molar-refractivity contribution in [3.63, 3.8) is 0 Å². The summed E-state index contributed by atoms with van der Waals surface area (Å²) in [4.78, 5) is 27.0. The molecule has 0 fully saturated rings. The molecule has 1 N–H and O–H groups in total. The monoisotopic (exact) mass is 420 g/mol. The van der Waals surface area contributed by atoms with Crippen molar-refractivity contribution in [3.05, 3.63) is 113 Å². The molecule has 2 amide bonds. The van der Waals surface area contributed by atoms with Crippen molar-refractivity contribution in [2.75, 3.05) is 13.1 Å². The number of benzene rings is 3. The van der Waals surface area contributed by atoms with Gasteiger partial charge in [-0.25, -0.2) is 0 Å². The molecule has 3 aromatic carbocycles. The average molecular weight is 421 g/mol. The van der Waals surface area contributed by atoms with E-state index in [0.29, 0.717) is 35.6 Å². The maximum Gasteiger partial charge on any atom is 0.259 e. The van der Waals surface area contributed by atoms with E-state index >= 15 is 0 Å². The Balaban J connectivity index is 1.19. The lowest BCUT2D eigenvalue weighted by molar-refractivity contribution is -0.121. The minimum absolute atomic E-state index is 0.000333. The van der Waals surface area contributed by atoms with E-state index in [2.05, 4.69) is 60.4 Å². The summed E-state index contributed by atoms with van der Waals surface area (Å²) in [5, 5.41) is 3.12. The molecular weight excluding hydrogens is 396 g/mol. The number of nitrogens with zero attached hydrogens (tertiary/aromatic N) is 1. The van der Waals surface area contributed by atoms with Crippen molar-refractivity contribution in [1.29, 1.82) is 0 Å². The number of hydrogen-bond acceptors (Lipinski definition) is 2. The van der Waals surface area contributed by atoms with Crippen molar-refractivity contribution in [1.82, 2.24) is 10.2 Å². The lowest BCUT2D eigenvalue weighted by Crippen LogP contribution is -2.42. The summed E-state index contributed by atoms with van der Waals surface area (Å²) in [7, 11) is 0. The summed E-state index contributed by atoms with van der Waals surface area (Å²) >= 11 is 0. The summed E-state index contributed by atoms with van der Waals surface area (Å²) in [6, 6.07) is 24.8. The van der Waals surface area contributed by atoms with Gasteiger partial charge in [-0.2, -0.15) is 0 Å². The molecule has 1 unspecified atom stereocenters. The first kappa shape index (κ1) is 19.1. The van der Waals surface area contributed by atoms with Crippen LogP contribution < -0.4 is 5.32 Å². The van der Waals surface area contributed by atoms with Gasteiger partial charge < -0.3 is 5.32 Å². The zero-order valence-corrected chi connectivity index (χ0v) is 17.8. The van der Waals surface area contributed by atoms with Crippen LogP contribution in [0.15, 0.2) is 79.4 Å². The largest absolute Gasteiger partial charge is 0.354 e. The zero-order valence-electron chi connectivity index (χ0n) is 17.8. The molecule has 158 valence electrons. The van der Waals surface area contributed by atoms with Gasteiger partial charge in [-0.05, 0) is 40.7 Å². The second-order valence-electron chi connectivity index (χ2n) is 8.97. The van der Waals surface area contributed by atoms with Gasteiger partial charge in [0, 0.05) is 35.2 Å². The Morgan fingerprint density at radius 3 is 2.06 bits per heavy atom. The Hall–Kier alpha value is -3.66. The van der Waals surface area contributed by atoms with Crippen LogP contribution in [0.1, 0.15) is 56.4 Å². The van der Waals surface area contributed by atoms with E-state index in [1.165, 1.54) is 27.2 Å². The predicted molar refractivity (Wildman–Crippen MR) is 124 cm³/mol. The second-order valence-corrected chi connectivity index (χ2v) is 8.97. The maximum absolute atomic E-state index is 12.8. The van der Waals surface area contributed by atoms with Crippen molar-refractivity contribution < 1.29 is 9.59 Å². The van der Waals surface area contributed by atoms with Crippen LogP contribution in [0.2, 0.25) is 0 Å². The van der Waals surface area contributed by atoms with Gasteiger partial charge in [-0.15, -0.1) is 0 Å². The Kier molecular flexibility index (Phi) is 4.29. The number of hydrogen-bond donors (Lipinski definition) is 1. The molecule has 1 aliphatic heterocycles. The molecule has 0 radical (unpaired) electrons. The lowest BCUT2D eigenvalue weighted by Gasteiger charge is -2.45. The first-order valence-electron chi connectivity index (χ1n) is 11.2.